The summed E-state index contributed by atoms with van der Waals surface area (Å²) < 4.78 is 10.9. The lowest BCUT2D eigenvalue weighted by Gasteiger charge is -2.11. The van der Waals surface area contributed by atoms with E-state index in [1.165, 1.54) is 0 Å². The van der Waals surface area contributed by atoms with Gasteiger partial charge < -0.3 is 19.9 Å². The molecule has 0 spiro atoms. The zero-order valence-corrected chi connectivity index (χ0v) is 20.7. The van der Waals surface area contributed by atoms with Crippen LogP contribution in [-0.4, -0.2) is 28.6 Å². The Morgan fingerprint density at radius 1 is 0.861 bits per heavy atom. The lowest BCUT2D eigenvalue weighted by atomic mass is 9.96. The minimum absolute atomic E-state index is 0.256. The van der Waals surface area contributed by atoms with Crippen molar-refractivity contribution in [1.82, 2.24) is 10.1 Å². The maximum absolute atomic E-state index is 13.1. The first-order valence-corrected chi connectivity index (χ1v) is 11.6. The molecule has 184 valence electrons. The standard InChI is InChI=1S/C28H28N4O4/c1-5-35-21-16-14-20(15-17-21)29-24(33)18-10-12-19(13-11-18)30-25(34)22-8-6-7-9-23(22)26-31-27(32-36-26)28(2,3)4/h6-17H,5H2,1-4H3,(H,29,33)(H,30,34). The van der Waals surface area contributed by atoms with Crippen LogP contribution < -0.4 is 15.4 Å². The molecule has 0 unspecified atom stereocenters. The molecule has 0 saturated heterocycles. The molecule has 0 saturated carbocycles. The Morgan fingerprint density at radius 2 is 1.47 bits per heavy atom. The fraction of sp³-hybridized carbons (Fsp3) is 0.214. The first-order valence-electron chi connectivity index (χ1n) is 11.6. The van der Waals surface area contributed by atoms with Crippen LogP contribution in [0.15, 0.2) is 77.3 Å². The molecular weight excluding hydrogens is 456 g/mol. The van der Waals surface area contributed by atoms with Crippen LogP contribution in [0.2, 0.25) is 0 Å². The predicted octanol–water partition coefficient (Wildman–Crippen LogP) is 5.94. The van der Waals surface area contributed by atoms with Gasteiger partial charge >= 0.3 is 0 Å². The molecule has 2 N–H and O–H groups in total. The van der Waals surface area contributed by atoms with E-state index in [0.29, 0.717) is 40.5 Å². The van der Waals surface area contributed by atoms with Crippen molar-refractivity contribution in [3.05, 3.63) is 89.7 Å². The van der Waals surface area contributed by atoms with E-state index in [9.17, 15) is 9.59 Å². The summed E-state index contributed by atoms with van der Waals surface area (Å²) in [4.78, 5) is 30.1. The SMILES string of the molecule is CCOc1ccc(NC(=O)c2ccc(NC(=O)c3ccccc3-c3nc(C(C)(C)C)no3)cc2)cc1. The van der Waals surface area contributed by atoms with Gasteiger partial charge in [0.25, 0.3) is 17.7 Å². The summed E-state index contributed by atoms with van der Waals surface area (Å²) in [5.74, 6) is 1.01. The third kappa shape index (κ3) is 5.78. The highest BCUT2D eigenvalue weighted by molar-refractivity contribution is 6.09. The van der Waals surface area contributed by atoms with Gasteiger partial charge in [0.1, 0.15) is 5.75 Å². The number of rotatable bonds is 7. The molecule has 1 heterocycles. The Bertz CT molecular complexity index is 1350. The van der Waals surface area contributed by atoms with E-state index in [1.54, 1.807) is 66.7 Å². The highest BCUT2D eigenvalue weighted by Gasteiger charge is 2.23. The van der Waals surface area contributed by atoms with Crippen LogP contribution in [-0.2, 0) is 5.41 Å². The molecule has 8 nitrogen and oxygen atoms in total. The van der Waals surface area contributed by atoms with Gasteiger partial charge in [-0.2, -0.15) is 4.98 Å². The number of ether oxygens (including phenoxy) is 1. The van der Waals surface area contributed by atoms with Gasteiger partial charge in [0.05, 0.1) is 17.7 Å². The molecule has 0 bridgehead atoms. The summed E-state index contributed by atoms with van der Waals surface area (Å²) in [6.45, 7) is 8.46. The third-order valence-corrected chi connectivity index (χ3v) is 5.33. The number of carbonyl (C=O) groups is 2. The molecule has 1 aromatic heterocycles. The molecule has 0 fully saturated rings. The molecule has 0 aliphatic heterocycles. The summed E-state index contributed by atoms with van der Waals surface area (Å²) in [5.41, 5.74) is 2.34. The maximum Gasteiger partial charge on any atom is 0.258 e. The van der Waals surface area contributed by atoms with Gasteiger partial charge in [-0.3, -0.25) is 9.59 Å². The van der Waals surface area contributed by atoms with E-state index in [2.05, 4.69) is 20.8 Å². The topological polar surface area (TPSA) is 106 Å². The number of nitrogens with one attached hydrogen (secondary N) is 2. The van der Waals surface area contributed by atoms with Gasteiger partial charge in [-0.05, 0) is 67.6 Å². The highest BCUT2D eigenvalue weighted by Crippen LogP contribution is 2.27. The monoisotopic (exact) mass is 484 g/mol. The average molecular weight is 485 g/mol. The average Bonchev–Trinajstić information content (AvgIpc) is 3.37. The second-order valence-corrected chi connectivity index (χ2v) is 9.16. The molecular formula is C28H28N4O4. The summed E-state index contributed by atoms with van der Waals surface area (Å²) >= 11 is 0. The fourth-order valence-electron chi connectivity index (χ4n) is 3.41. The molecule has 0 radical (unpaired) electrons. The van der Waals surface area contributed by atoms with Crippen molar-refractivity contribution in [2.45, 2.75) is 33.1 Å². The lowest BCUT2D eigenvalue weighted by molar-refractivity contribution is 0.102. The van der Waals surface area contributed by atoms with Gasteiger partial charge in [0, 0.05) is 22.4 Å². The number of amides is 2. The van der Waals surface area contributed by atoms with Crippen molar-refractivity contribution >= 4 is 23.2 Å². The van der Waals surface area contributed by atoms with Gasteiger partial charge in [0.15, 0.2) is 5.82 Å². The molecule has 36 heavy (non-hydrogen) atoms. The van der Waals surface area contributed by atoms with Gasteiger partial charge in [-0.1, -0.05) is 38.1 Å². The molecule has 8 heteroatoms. The number of hydrogen-bond acceptors (Lipinski definition) is 6. The smallest absolute Gasteiger partial charge is 0.258 e. The Hall–Kier alpha value is -4.46. The Balaban J connectivity index is 1.44. The van der Waals surface area contributed by atoms with Crippen molar-refractivity contribution in [3.63, 3.8) is 0 Å². The molecule has 0 aliphatic rings. The van der Waals surface area contributed by atoms with E-state index in [0.717, 1.165) is 5.75 Å². The van der Waals surface area contributed by atoms with Gasteiger partial charge in [-0.25, -0.2) is 0 Å². The highest BCUT2D eigenvalue weighted by atomic mass is 16.5. The number of nitrogens with zero attached hydrogens (tertiary/aromatic N) is 2. The third-order valence-electron chi connectivity index (χ3n) is 5.33. The van der Waals surface area contributed by atoms with Gasteiger partial charge in [0.2, 0.25) is 0 Å². The number of benzene rings is 3. The van der Waals surface area contributed by atoms with Crippen LogP contribution >= 0.6 is 0 Å². The molecule has 0 atom stereocenters. The second kappa shape index (κ2) is 10.4. The first-order chi connectivity index (χ1) is 17.2. The summed E-state index contributed by atoms with van der Waals surface area (Å²) in [5, 5.41) is 9.77. The van der Waals surface area contributed by atoms with Crippen molar-refractivity contribution in [2.24, 2.45) is 0 Å². The van der Waals surface area contributed by atoms with Crippen molar-refractivity contribution < 1.29 is 18.8 Å². The van der Waals surface area contributed by atoms with Crippen LogP contribution in [0.25, 0.3) is 11.5 Å². The van der Waals surface area contributed by atoms with Crippen LogP contribution in [0.4, 0.5) is 11.4 Å². The van der Waals surface area contributed by atoms with E-state index in [4.69, 9.17) is 9.26 Å². The number of aromatic nitrogens is 2. The maximum atomic E-state index is 13.1. The first kappa shape index (κ1) is 24.7. The fourth-order valence-corrected chi connectivity index (χ4v) is 3.41. The second-order valence-electron chi connectivity index (χ2n) is 9.16. The minimum Gasteiger partial charge on any atom is -0.494 e. The Kier molecular flexibility index (Phi) is 7.15. The summed E-state index contributed by atoms with van der Waals surface area (Å²) in [6.07, 6.45) is 0. The quantitative estimate of drug-likeness (QED) is 0.336. The van der Waals surface area contributed by atoms with E-state index in [-0.39, 0.29) is 23.1 Å². The summed E-state index contributed by atoms with van der Waals surface area (Å²) in [7, 11) is 0. The Morgan fingerprint density at radius 3 is 2.08 bits per heavy atom. The Labute approximate surface area is 209 Å². The molecule has 3 aromatic carbocycles. The van der Waals surface area contributed by atoms with E-state index >= 15 is 0 Å². The molecule has 4 rings (SSSR count). The predicted molar refractivity (Wildman–Crippen MR) is 138 cm³/mol. The minimum atomic E-state index is -0.326. The van der Waals surface area contributed by atoms with Crippen LogP contribution in [0.5, 0.6) is 5.75 Å². The van der Waals surface area contributed by atoms with Crippen molar-refractivity contribution in [2.75, 3.05) is 17.2 Å². The zero-order chi connectivity index (χ0) is 25.7. The number of hydrogen-bond donors (Lipinski definition) is 2. The summed E-state index contributed by atoms with van der Waals surface area (Å²) in [6, 6.07) is 20.9. The van der Waals surface area contributed by atoms with Crippen molar-refractivity contribution in [3.8, 4) is 17.2 Å². The number of carbonyl (C=O) groups excluding carboxylic acids is 2. The van der Waals surface area contributed by atoms with Crippen LogP contribution in [0, 0.1) is 0 Å². The van der Waals surface area contributed by atoms with Crippen LogP contribution in [0.1, 0.15) is 54.2 Å². The van der Waals surface area contributed by atoms with Crippen LogP contribution in [0.3, 0.4) is 0 Å². The normalized spacial score (nSPS) is 11.1. The number of anilines is 2. The zero-order valence-electron chi connectivity index (χ0n) is 20.7. The van der Waals surface area contributed by atoms with Gasteiger partial charge in [-0.15, -0.1) is 0 Å². The molecule has 2 amide bonds. The molecule has 4 aromatic rings. The van der Waals surface area contributed by atoms with E-state index in [1.807, 2.05) is 33.8 Å². The molecule has 0 aliphatic carbocycles. The largest absolute Gasteiger partial charge is 0.494 e. The van der Waals surface area contributed by atoms with Crippen molar-refractivity contribution in [1.29, 1.82) is 0 Å². The van der Waals surface area contributed by atoms with E-state index < -0.39 is 0 Å². The lowest BCUT2D eigenvalue weighted by Crippen LogP contribution is -2.15.